The molecule has 9 aromatic carbocycles. The molecule has 0 fully saturated rings. The fourth-order valence-corrected chi connectivity index (χ4v) is 9.98. The number of hydrogen-bond donors (Lipinski definition) is 0. The molecule has 0 saturated carbocycles. The number of rotatable bonds is 4. The van der Waals surface area contributed by atoms with Crippen LogP contribution in [0.5, 0.6) is 0 Å². The second-order valence-corrected chi connectivity index (χ2v) is 20.2. The molecule has 64 heavy (non-hydrogen) atoms. The second-order valence-electron chi connectivity index (χ2n) is 18.1. The number of benzene rings is 8. The predicted octanol–water partition coefficient (Wildman–Crippen LogP) is 11.4. The molecule has 0 aliphatic heterocycles. The maximum absolute atomic E-state index is 6.38. The van der Waals surface area contributed by atoms with Crippen LogP contribution in [0.4, 0.5) is 0 Å². The van der Waals surface area contributed by atoms with Crippen molar-refractivity contribution in [3.63, 3.8) is 0 Å². The van der Waals surface area contributed by atoms with Gasteiger partial charge in [0.15, 0.2) is 0 Å². The van der Waals surface area contributed by atoms with Crippen LogP contribution in [0.1, 0.15) is 70.2 Å². The first kappa shape index (κ1) is 49.0. The Morgan fingerprint density at radius 3 is 1.28 bits per heavy atom. The third-order valence-corrected chi connectivity index (χ3v) is 13.3. The summed E-state index contributed by atoms with van der Waals surface area (Å²) in [5.41, 5.74) is 10.5. The van der Waals surface area contributed by atoms with Gasteiger partial charge in [0, 0.05) is 0 Å². The van der Waals surface area contributed by atoms with Gasteiger partial charge >= 0.3 is 166 Å². The molecular weight excluding hydrogens is 942 g/mol. The molecule has 0 saturated heterocycles. The predicted molar refractivity (Wildman–Crippen MR) is 268 cm³/mol. The summed E-state index contributed by atoms with van der Waals surface area (Å²) in [6, 6.07) is 58.6. The van der Waals surface area contributed by atoms with Crippen LogP contribution >= 0.6 is 23.2 Å². The van der Waals surface area contributed by atoms with Crippen molar-refractivity contribution in [1.29, 1.82) is 0 Å². The summed E-state index contributed by atoms with van der Waals surface area (Å²) in [6.07, 6.45) is 10.0. The summed E-state index contributed by atoms with van der Waals surface area (Å²) < 4.78 is 1.26. The van der Waals surface area contributed by atoms with Crippen molar-refractivity contribution in [2.45, 2.75) is 58.8 Å². The van der Waals surface area contributed by atoms with Gasteiger partial charge in [-0.1, -0.05) is 114 Å². The van der Waals surface area contributed by atoms with E-state index in [4.69, 9.17) is 23.2 Å². The van der Waals surface area contributed by atoms with Gasteiger partial charge in [0.25, 0.3) is 0 Å². The molecule has 0 heterocycles. The molecule has 10 rings (SSSR count). The maximum Gasteiger partial charge on any atom is -0.109 e. The zero-order valence-corrected chi connectivity index (χ0v) is 42.5. The fourth-order valence-electron chi connectivity index (χ4n) is 8.51. The van der Waals surface area contributed by atoms with E-state index in [1.54, 1.807) is 0 Å². The zero-order chi connectivity index (χ0) is 43.6. The van der Waals surface area contributed by atoms with Crippen LogP contribution in [0.15, 0.2) is 182 Å². The fraction of sp³-hybridized carbons (Fsp3) is 0.153. The van der Waals surface area contributed by atoms with Gasteiger partial charge in [0.1, 0.15) is 0 Å². The Bertz CT molecular complexity index is 2930. The smallest absolute Gasteiger partial charge is 0.109 e. The topological polar surface area (TPSA) is 0 Å². The van der Waals surface area contributed by atoms with Gasteiger partial charge in [0.05, 0.1) is 0 Å². The van der Waals surface area contributed by atoms with Gasteiger partial charge in [-0.3, -0.25) is 6.08 Å². The quantitative estimate of drug-likeness (QED) is 0.154. The Labute approximate surface area is 416 Å². The molecule has 1 aliphatic carbocycles. The van der Waals surface area contributed by atoms with Gasteiger partial charge in [0.2, 0.25) is 0 Å². The average molecular weight is 992 g/mol. The van der Waals surface area contributed by atoms with E-state index in [0.29, 0.717) is 0 Å². The molecule has 1 aliphatic rings. The zero-order valence-electron chi connectivity index (χ0n) is 37.0. The van der Waals surface area contributed by atoms with Gasteiger partial charge < -0.3 is 24.8 Å². The van der Waals surface area contributed by atoms with Crippen LogP contribution < -0.4 is 24.8 Å². The molecule has 320 valence electrons. The molecule has 0 N–H and O–H groups in total. The first-order valence-corrected chi connectivity index (χ1v) is 23.3. The van der Waals surface area contributed by atoms with Crippen molar-refractivity contribution in [2.24, 2.45) is 0 Å². The molecule has 0 nitrogen and oxygen atoms in total. The van der Waals surface area contributed by atoms with Gasteiger partial charge in [-0.15, -0.1) is 46.2 Å². The van der Waals surface area contributed by atoms with E-state index in [1.165, 1.54) is 104 Å². The molecule has 0 unspecified atom stereocenters. The molecular formula is C59H50Cl4Zr-2. The summed E-state index contributed by atoms with van der Waals surface area (Å²) in [5.74, 6) is 0. The van der Waals surface area contributed by atoms with Crippen molar-refractivity contribution in [2.75, 3.05) is 0 Å². The summed E-state index contributed by atoms with van der Waals surface area (Å²) >= 11 is 14.1. The van der Waals surface area contributed by atoms with Crippen LogP contribution in [0.3, 0.4) is 0 Å². The largest absolute Gasteiger partial charge is 1.00 e. The Balaban J connectivity index is 0.000000193. The molecule has 0 bridgehead atoms. The first-order valence-electron chi connectivity index (χ1n) is 21.3. The summed E-state index contributed by atoms with van der Waals surface area (Å²) in [5, 5.41) is 11.6. The van der Waals surface area contributed by atoms with Gasteiger partial charge in [-0.2, -0.15) is 6.08 Å². The van der Waals surface area contributed by atoms with Crippen LogP contribution in [0.25, 0.3) is 65.3 Å². The van der Waals surface area contributed by atoms with Crippen molar-refractivity contribution in [3.05, 3.63) is 220 Å². The summed E-state index contributed by atoms with van der Waals surface area (Å²) in [6.45, 7) is 13.9. The van der Waals surface area contributed by atoms with Gasteiger partial charge in [-0.05, 0) is 44.2 Å². The maximum atomic E-state index is 6.38. The molecule has 0 amide bonds. The van der Waals surface area contributed by atoms with Crippen LogP contribution in [0.2, 0.25) is 10.0 Å². The minimum atomic E-state index is 0. The van der Waals surface area contributed by atoms with Crippen LogP contribution in [-0.2, 0) is 35.1 Å². The third-order valence-electron chi connectivity index (χ3n) is 11.5. The molecule has 0 atom stereocenters. The third kappa shape index (κ3) is 10.8. The van der Waals surface area contributed by atoms with E-state index >= 15 is 0 Å². The van der Waals surface area contributed by atoms with E-state index in [-0.39, 0.29) is 35.6 Å². The minimum Gasteiger partial charge on any atom is -1.00 e. The van der Waals surface area contributed by atoms with E-state index in [1.807, 2.05) is 36.4 Å². The molecule has 0 spiro atoms. The van der Waals surface area contributed by atoms with Crippen molar-refractivity contribution in [3.8, 4) is 22.3 Å². The number of fused-ring (bicyclic) bond motifs is 5. The number of hydrogen-bond acceptors (Lipinski definition) is 0. The number of allylic oxidation sites excluding steroid dienone is 4. The first-order chi connectivity index (χ1) is 29.8. The SMILES string of the molecule is CC(C)(C)c1cc2c(cc1-c1ccccc1)[cH-]c1cc(-c3ccccc3)c(C(C)(C)C)cc12.Clc1cc([C](=[Zr+2])c2cc(Cl)cc3ccccc23)c2ccccc2c1.[C-]1=CC=CC1.[Cl-].[Cl-]. The Kier molecular flexibility index (Phi) is 15.9. The van der Waals surface area contributed by atoms with Crippen molar-refractivity contribution >= 4 is 69.5 Å². The van der Waals surface area contributed by atoms with Crippen molar-refractivity contribution in [1.82, 2.24) is 0 Å². The molecule has 0 radical (unpaired) electrons. The Morgan fingerprint density at radius 1 is 0.516 bits per heavy atom. The molecule has 0 aromatic heterocycles. The van der Waals surface area contributed by atoms with E-state index in [9.17, 15) is 0 Å². The standard InChI is InChI=1S/C33H33.C21H12Cl2.C5H5.2ClH.Zr/c1-32(2,3)30-20-26-24(18-28(30)22-13-9-7-10-14-22)17-25-19-29(23-15-11-8-12-16-23)31(21-27(25)26)33(4,5)6;22-18-10-14-5-1-3-7-20(14)16(12-18)9-17-13-19(23)11-15-6-2-4-8-21(15)17;1-2-4-5-3-1;;;/h7-21H,1-6H3;1-8,10-13H;1-3H,4H2;2*1H;/q-1;;-1;;;+2/p-2. The molecule has 9 aromatic rings. The summed E-state index contributed by atoms with van der Waals surface area (Å²) in [7, 11) is 0. The monoisotopic (exact) mass is 988 g/mol. The van der Waals surface area contributed by atoms with Crippen molar-refractivity contribution < 1.29 is 49.0 Å². The number of halogens is 4. The average Bonchev–Trinajstić information content (AvgIpc) is 3.97. The van der Waals surface area contributed by atoms with Gasteiger partial charge in [-0.25, -0.2) is 12.2 Å². The Hall–Kier alpha value is -4.46. The van der Waals surface area contributed by atoms with E-state index < -0.39 is 0 Å². The molecule has 5 heteroatoms. The Morgan fingerprint density at radius 2 is 0.922 bits per heavy atom. The summed E-state index contributed by atoms with van der Waals surface area (Å²) in [4.78, 5) is 0. The normalized spacial score (nSPS) is 12.0. The van der Waals surface area contributed by atoms with E-state index in [2.05, 4.69) is 193 Å². The van der Waals surface area contributed by atoms with Crippen LogP contribution in [0, 0.1) is 6.08 Å². The minimum absolute atomic E-state index is 0. The van der Waals surface area contributed by atoms with Crippen LogP contribution in [-0.4, -0.2) is 3.21 Å². The second kappa shape index (κ2) is 20.8. The van der Waals surface area contributed by atoms with E-state index in [0.717, 1.165) is 27.2 Å².